The van der Waals surface area contributed by atoms with Gasteiger partial charge in [0.15, 0.2) is 0 Å². The number of hydrogen-bond acceptors (Lipinski definition) is 4. The van der Waals surface area contributed by atoms with Gasteiger partial charge in [-0.2, -0.15) is 0 Å². The third kappa shape index (κ3) is 2.35. The Morgan fingerprint density at radius 2 is 2.29 bits per heavy atom. The average molecular weight is 216 g/mol. The number of hydrogen-bond donors (Lipinski definition) is 3. The van der Waals surface area contributed by atoms with Crippen LogP contribution in [0.15, 0.2) is 12.3 Å². The molecule has 1 rings (SSSR count). The Bertz CT molecular complexity index is 319. The van der Waals surface area contributed by atoms with Crippen LogP contribution in [-0.2, 0) is 0 Å². The molecule has 0 saturated heterocycles. The molecule has 5 heteroatoms. The average Bonchev–Trinajstić information content (AvgIpc) is 2.19. The molecule has 1 aromatic rings. The molecular weight excluding hydrogens is 202 g/mol. The Balaban J connectivity index is 2.99. The lowest BCUT2D eigenvalue weighted by molar-refractivity contribution is 0.144. The molecule has 1 aromatic heterocycles. The fourth-order valence-electron chi connectivity index (χ4n) is 1.14. The number of rotatable bonds is 3. The number of pyridine rings is 1. The van der Waals surface area contributed by atoms with Crippen LogP contribution in [0.1, 0.15) is 25.0 Å². The molecule has 1 heterocycles. The van der Waals surface area contributed by atoms with Gasteiger partial charge >= 0.3 is 0 Å². The second-order valence-corrected chi connectivity index (χ2v) is 3.52. The van der Waals surface area contributed by atoms with Crippen LogP contribution in [0.2, 0.25) is 5.15 Å². The highest BCUT2D eigenvalue weighted by atomic mass is 35.5. The van der Waals surface area contributed by atoms with Gasteiger partial charge in [-0.25, -0.2) is 4.98 Å². The van der Waals surface area contributed by atoms with Gasteiger partial charge in [0, 0.05) is 11.6 Å². The van der Waals surface area contributed by atoms with Gasteiger partial charge in [0.25, 0.3) is 0 Å². The maximum absolute atomic E-state index is 9.79. The maximum Gasteiger partial charge on any atom is 0.135 e. The van der Waals surface area contributed by atoms with Gasteiger partial charge < -0.3 is 16.6 Å². The summed E-state index contributed by atoms with van der Waals surface area (Å²) < 4.78 is 0. The number of aliphatic hydroxyl groups excluding tert-OH is 1. The minimum atomic E-state index is -0.816. The highest BCUT2D eigenvalue weighted by Crippen LogP contribution is 2.25. The van der Waals surface area contributed by atoms with Gasteiger partial charge in [0.05, 0.1) is 18.0 Å². The first-order chi connectivity index (χ1) is 6.56. The smallest absolute Gasteiger partial charge is 0.135 e. The van der Waals surface area contributed by atoms with Crippen molar-refractivity contribution in [2.45, 2.75) is 25.5 Å². The van der Waals surface area contributed by atoms with Crippen molar-refractivity contribution < 1.29 is 5.11 Å². The molecule has 0 aromatic carbocycles. The van der Waals surface area contributed by atoms with Crippen LogP contribution >= 0.6 is 11.6 Å². The molecule has 0 amide bonds. The summed E-state index contributed by atoms with van der Waals surface area (Å²) in [6.07, 6.45) is 1.28. The third-order valence-electron chi connectivity index (χ3n) is 2.08. The second kappa shape index (κ2) is 4.59. The molecule has 0 aliphatic heterocycles. The number of nitrogen functional groups attached to an aromatic ring is 1. The number of aromatic nitrogens is 1. The molecule has 0 bridgehead atoms. The molecule has 0 saturated carbocycles. The van der Waals surface area contributed by atoms with E-state index < -0.39 is 6.10 Å². The normalized spacial score (nSPS) is 15.1. The summed E-state index contributed by atoms with van der Waals surface area (Å²) in [6.45, 7) is 1.89. The topological polar surface area (TPSA) is 85.2 Å². The van der Waals surface area contributed by atoms with E-state index in [0.29, 0.717) is 17.7 Å². The first-order valence-electron chi connectivity index (χ1n) is 4.40. The predicted molar refractivity (Wildman–Crippen MR) is 56.9 cm³/mol. The van der Waals surface area contributed by atoms with Crippen molar-refractivity contribution in [1.29, 1.82) is 0 Å². The summed E-state index contributed by atoms with van der Waals surface area (Å²) in [4.78, 5) is 3.84. The molecule has 78 valence electrons. The fourth-order valence-corrected chi connectivity index (χ4v) is 1.36. The molecular formula is C9H14ClN3O. The summed E-state index contributed by atoms with van der Waals surface area (Å²) >= 11 is 5.81. The van der Waals surface area contributed by atoms with Crippen molar-refractivity contribution in [3.63, 3.8) is 0 Å². The summed E-state index contributed by atoms with van der Waals surface area (Å²) in [5, 5.41) is 10.0. The summed E-state index contributed by atoms with van der Waals surface area (Å²) in [6, 6.07) is 1.24. The van der Waals surface area contributed by atoms with E-state index in [9.17, 15) is 5.11 Å². The molecule has 0 aliphatic carbocycles. The Hall–Kier alpha value is -0.840. The van der Waals surface area contributed by atoms with Crippen molar-refractivity contribution in [3.8, 4) is 0 Å². The zero-order valence-electron chi connectivity index (χ0n) is 7.94. The molecule has 0 unspecified atom stereocenters. The number of halogens is 1. The standard InChI is InChI=1S/C9H14ClN3O/c1-2-7(12)8(14)6-3-5(11)4-13-9(6)10/h3-4,7-8,14H,2,11-12H2,1H3/t7-,8-/m0/s1. The zero-order valence-corrected chi connectivity index (χ0v) is 8.70. The van der Waals surface area contributed by atoms with Crippen molar-refractivity contribution in [2.75, 3.05) is 5.73 Å². The van der Waals surface area contributed by atoms with Gasteiger partial charge in [-0.1, -0.05) is 18.5 Å². The van der Waals surface area contributed by atoms with Gasteiger partial charge in [-0.15, -0.1) is 0 Å². The minimum absolute atomic E-state index is 0.246. The fraction of sp³-hybridized carbons (Fsp3) is 0.444. The van der Waals surface area contributed by atoms with Crippen LogP contribution in [0.3, 0.4) is 0 Å². The van der Waals surface area contributed by atoms with E-state index in [-0.39, 0.29) is 11.2 Å². The lowest BCUT2D eigenvalue weighted by Gasteiger charge is -2.18. The van der Waals surface area contributed by atoms with E-state index >= 15 is 0 Å². The Morgan fingerprint density at radius 3 is 2.86 bits per heavy atom. The number of nitrogens with zero attached hydrogens (tertiary/aromatic N) is 1. The van der Waals surface area contributed by atoms with E-state index in [0.717, 1.165) is 0 Å². The summed E-state index contributed by atoms with van der Waals surface area (Å²) in [5.74, 6) is 0. The van der Waals surface area contributed by atoms with E-state index in [4.69, 9.17) is 23.1 Å². The first-order valence-corrected chi connectivity index (χ1v) is 4.78. The monoisotopic (exact) mass is 215 g/mol. The molecule has 0 spiro atoms. The van der Waals surface area contributed by atoms with E-state index in [2.05, 4.69) is 4.98 Å². The van der Waals surface area contributed by atoms with Crippen LogP contribution in [0.4, 0.5) is 5.69 Å². The largest absolute Gasteiger partial charge is 0.397 e. The van der Waals surface area contributed by atoms with Crippen molar-refractivity contribution >= 4 is 17.3 Å². The third-order valence-corrected chi connectivity index (χ3v) is 2.40. The highest BCUT2D eigenvalue weighted by molar-refractivity contribution is 6.30. The number of anilines is 1. The Labute approximate surface area is 87.9 Å². The summed E-state index contributed by atoms with van der Waals surface area (Å²) in [7, 11) is 0. The van der Waals surface area contributed by atoms with E-state index in [1.807, 2.05) is 6.92 Å². The van der Waals surface area contributed by atoms with Gasteiger partial charge in [-0.05, 0) is 12.5 Å². The van der Waals surface area contributed by atoms with Gasteiger partial charge in [0.2, 0.25) is 0 Å². The SMILES string of the molecule is CC[C@H](N)[C@@H](O)c1cc(N)cnc1Cl. The molecule has 2 atom stereocenters. The molecule has 0 radical (unpaired) electrons. The molecule has 4 nitrogen and oxygen atoms in total. The van der Waals surface area contributed by atoms with Crippen LogP contribution < -0.4 is 11.5 Å². The number of nitrogens with two attached hydrogens (primary N) is 2. The van der Waals surface area contributed by atoms with Crippen molar-refractivity contribution in [3.05, 3.63) is 23.0 Å². The van der Waals surface area contributed by atoms with Crippen LogP contribution in [0.5, 0.6) is 0 Å². The van der Waals surface area contributed by atoms with Gasteiger partial charge in [0.1, 0.15) is 5.15 Å². The van der Waals surface area contributed by atoms with Crippen molar-refractivity contribution in [1.82, 2.24) is 4.98 Å². The molecule has 0 aliphatic rings. The van der Waals surface area contributed by atoms with Crippen LogP contribution in [-0.4, -0.2) is 16.1 Å². The summed E-state index contributed by atoms with van der Waals surface area (Å²) in [5.41, 5.74) is 12.2. The van der Waals surface area contributed by atoms with Gasteiger partial charge in [-0.3, -0.25) is 0 Å². The number of aliphatic hydroxyl groups is 1. The van der Waals surface area contributed by atoms with E-state index in [1.54, 1.807) is 6.07 Å². The highest BCUT2D eigenvalue weighted by Gasteiger charge is 2.18. The quantitative estimate of drug-likeness (QED) is 0.659. The van der Waals surface area contributed by atoms with Crippen LogP contribution in [0, 0.1) is 0 Å². The lowest BCUT2D eigenvalue weighted by atomic mass is 10.0. The Morgan fingerprint density at radius 1 is 1.64 bits per heavy atom. The maximum atomic E-state index is 9.79. The molecule has 5 N–H and O–H groups in total. The lowest BCUT2D eigenvalue weighted by Crippen LogP contribution is -2.27. The zero-order chi connectivity index (χ0) is 10.7. The minimum Gasteiger partial charge on any atom is -0.397 e. The first kappa shape index (κ1) is 11.2. The second-order valence-electron chi connectivity index (χ2n) is 3.17. The Kier molecular flexibility index (Phi) is 3.69. The van der Waals surface area contributed by atoms with E-state index in [1.165, 1.54) is 6.20 Å². The molecule has 14 heavy (non-hydrogen) atoms. The van der Waals surface area contributed by atoms with Crippen molar-refractivity contribution in [2.24, 2.45) is 5.73 Å². The predicted octanol–water partition coefficient (Wildman–Crippen LogP) is 1.09. The molecule has 0 fully saturated rings. The van der Waals surface area contributed by atoms with Crippen LogP contribution in [0.25, 0.3) is 0 Å².